The van der Waals surface area contributed by atoms with Crippen LogP contribution in [0, 0.1) is 5.82 Å². The fraction of sp³-hybridized carbons (Fsp3) is 0.304. The van der Waals surface area contributed by atoms with Crippen LogP contribution in [-0.2, 0) is 0 Å². The Morgan fingerprint density at radius 1 is 1.06 bits per heavy atom. The Bertz CT molecular complexity index is 1340. The number of hydrogen-bond acceptors (Lipinski definition) is 10. The summed E-state index contributed by atoms with van der Waals surface area (Å²) in [6.45, 7) is 1.81. The van der Waals surface area contributed by atoms with E-state index < -0.39 is 5.82 Å². The summed E-state index contributed by atoms with van der Waals surface area (Å²) in [6.07, 6.45) is 2.72. The van der Waals surface area contributed by atoms with Crippen molar-refractivity contribution in [1.82, 2.24) is 24.8 Å². The molecule has 1 aromatic carbocycles. The number of pyridine rings is 1. The van der Waals surface area contributed by atoms with E-state index in [4.69, 9.17) is 9.47 Å². The Hall–Kier alpha value is -3.57. The molecule has 0 bridgehead atoms. The van der Waals surface area contributed by atoms with Crippen LogP contribution in [0.15, 0.2) is 36.1 Å². The quantitative estimate of drug-likeness (QED) is 0.423. The third-order valence-corrected chi connectivity index (χ3v) is 6.64. The number of rotatable bonds is 7. The van der Waals surface area contributed by atoms with Crippen molar-refractivity contribution in [2.75, 3.05) is 51.6 Å². The van der Waals surface area contributed by atoms with Crippen molar-refractivity contribution >= 4 is 39.0 Å². The summed E-state index contributed by atoms with van der Waals surface area (Å²) in [5, 5.41) is 3.14. The molecule has 0 radical (unpaired) electrons. The maximum Gasteiger partial charge on any atom is 0.228 e. The molecule has 3 aromatic heterocycles. The van der Waals surface area contributed by atoms with Crippen molar-refractivity contribution < 1.29 is 13.9 Å². The van der Waals surface area contributed by atoms with Gasteiger partial charge in [0.15, 0.2) is 5.82 Å². The van der Waals surface area contributed by atoms with Gasteiger partial charge in [-0.25, -0.2) is 24.3 Å². The summed E-state index contributed by atoms with van der Waals surface area (Å²) >= 11 is 1.43. The molecule has 176 valence electrons. The first-order valence-corrected chi connectivity index (χ1v) is 11.5. The summed E-state index contributed by atoms with van der Waals surface area (Å²) in [6, 6.07) is 6.03. The largest absolute Gasteiger partial charge is 0.494 e. The second-order valence-corrected chi connectivity index (χ2v) is 9.00. The van der Waals surface area contributed by atoms with Crippen LogP contribution in [0.1, 0.15) is 0 Å². The molecule has 4 heterocycles. The number of fused-ring (bicyclic) bond motifs is 1. The van der Waals surface area contributed by atoms with E-state index in [1.807, 2.05) is 12.1 Å². The molecule has 4 aromatic rings. The number of nitrogens with one attached hydrogen (secondary N) is 1. The summed E-state index contributed by atoms with van der Waals surface area (Å²) in [7, 11) is 7.39. The van der Waals surface area contributed by atoms with Gasteiger partial charge < -0.3 is 24.6 Å². The molecule has 0 unspecified atom stereocenters. The number of thiazole rings is 1. The van der Waals surface area contributed by atoms with Crippen LogP contribution >= 0.6 is 11.3 Å². The molecule has 0 saturated carbocycles. The smallest absolute Gasteiger partial charge is 0.228 e. The molecule has 0 atom stereocenters. The molecule has 0 aliphatic carbocycles. The van der Waals surface area contributed by atoms with Gasteiger partial charge in [0.05, 0.1) is 37.3 Å². The van der Waals surface area contributed by atoms with Gasteiger partial charge in [0.2, 0.25) is 5.95 Å². The van der Waals surface area contributed by atoms with E-state index in [0.717, 1.165) is 29.8 Å². The van der Waals surface area contributed by atoms with Crippen molar-refractivity contribution in [2.24, 2.45) is 0 Å². The summed E-state index contributed by atoms with van der Waals surface area (Å²) in [4.78, 5) is 22.3. The SMILES string of the molecule is COc1cc(N2CC(N(C)C)C2)c(OC)cc1Nc1ncc(F)c(-c2cnc3scnc3c2)n1. The molecular weight excluding hydrogens is 457 g/mol. The lowest BCUT2D eigenvalue weighted by molar-refractivity contribution is 0.245. The minimum Gasteiger partial charge on any atom is -0.494 e. The third-order valence-electron chi connectivity index (χ3n) is 5.89. The fourth-order valence-electron chi connectivity index (χ4n) is 3.84. The number of anilines is 3. The molecule has 0 amide bonds. The van der Waals surface area contributed by atoms with E-state index in [1.54, 1.807) is 32.0 Å². The van der Waals surface area contributed by atoms with E-state index in [0.29, 0.717) is 34.3 Å². The standard InChI is InChI=1S/C23H24FN7O2S/c1-30(2)14-10-31(11-14)18-7-19(32-3)16(6-20(18)33-4)28-23-26-9-15(24)21(29-23)13-5-17-22(25-8-13)34-12-27-17/h5-9,12,14H,10-11H2,1-4H3,(H,26,28,29). The van der Waals surface area contributed by atoms with Gasteiger partial charge in [-0.3, -0.25) is 0 Å². The first kappa shape index (κ1) is 22.2. The summed E-state index contributed by atoms with van der Waals surface area (Å²) < 4.78 is 25.9. The lowest BCUT2D eigenvalue weighted by Crippen LogP contribution is -2.57. The molecule has 1 saturated heterocycles. The van der Waals surface area contributed by atoms with Crippen molar-refractivity contribution in [3.8, 4) is 22.8 Å². The van der Waals surface area contributed by atoms with Gasteiger partial charge in [0, 0.05) is 43.0 Å². The summed E-state index contributed by atoms with van der Waals surface area (Å²) in [5.41, 5.74) is 4.62. The minimum absolute atomic E-state index is 0.137. The number of benzene rings is 1. The lowest BCUT2D eigenvalue weighted by atomic mass is 10.1. The Labute approximate surface area is 200 Å². The average molecular weight is 482 g/mol. The van der Waals surface area contributed by atoms with Crippen molar-refractivity contribution in [1.29, 1.82) is 0 Å². The number of halogens is 1. The second-order valence-electron chi connectivity index (χ2n) is 8.16. The fourth-order valence-corrected chi connectivity index (χ4v) is 4.45. The lowest BCUT2D eigenvalue weighted by Gasteiger charge is -2.44. The molecule has 9 nitrogen and oxygen atoms in total. The van der Waals surface area contributed by atoms with Crippen LogP contribution < -0.4 is 19.7 Å². The molecule has 34 heavy (non-hydrogen) atoms. The van der Waals surface area contributed by atoms with Gasteiger partial charge in [-0.1, -0.05) is 0 Å². The number of methoxy groups -OCH3 is 2. The molecule has 1 aliphatic rings. The van der Waals surface area contributed by atoms with Crippen molar-refractivity contribution in [2.45, 2.75) is 6.04 Å². The van der Waals surface area contributed by atoms with Crippen LogP contribution in [0.3, 0.4) is 0 Å². The van der Waals surface area contributed by atoms with Gasteiger partial charge in [0.25, 0.3) is 0 Å². The number of nitrogens with zero attached hydrogens (tertiary/aromatic N) is 6. The average Bonchev–Trinajstić information content (AvgIpc) is 3.27. The second kappa shape index (κ2) is 8.99. The van der Waals surface area contributed by atoms with Crippen molar-refractivity contribution in [3.05, 3.63) is 41.9 Å². The molecule has 1 aliphatic heterocycles. The van der Waals surface area contributed by atoms with Gasteiger partial charge >= 0.3 is 0 Å². The van der Waals surface area contributed by atoms with Crippen LogP contribution in [0.2, 0.25) is 0 Å². The van der Waals surface area contributed by atoms with Crippen molar-refractivity contribution in [3.63, 3.8) is 0 Å². The highest BCUT2D eigenvalue weighted by atomic mass is 32.1. The number of hydrogen-bond donors (Lipinski definition) is 1. The Balaban J connectivity index is 1.45. The van der Waals surface area contributed by atoms with Crippen LogP contribution in [0.4, 0.5) is 21.7 Å². The molecule has 1 fully saturated rings. The molecular formula is C23H24FN7O2S. The Kier molecular flexibility index (Phi) is 5.88. The minimum atomic E-state index is -0.546. The predicted octanol–water partition coefficient (Wildman–Crippen LogP) is 3.80. The van der Waals surface area contributed by atoms with Gasteiger partial charge in [-0.2, -0.15) is 0 Å². The predicted molar refractivity (Wildman–Crippen MR) is 131 cm³/mol. The topological polar surface area (TPSA) is 88.5 Å². The maximum absolute atomic E-state index is 14.6. The third kappa shape index (κ3) is 4.08. The van der Waals surface area contributed by atoms with E-state index in [2.05, 4.69) is 49.1 Å². The van der Waals surface area contributed by atoms with Gasteiger partial charge in [0.1, 0.15) is 27.5 Å². The van der Waals surface area contributed by atoms with E-state index in [1.165, 1.54) is 11.3 Å². The van der Waals surface area contributed by atoms with Crippen LogP contribution in [0.25, 0.3) is 21.6 Å². The molecule has 1 N–H and O–H groups in total. The van der Waals surface area contributed by atoms with Crippen LogP contribution in [-0.4, -0.2) is 72.3 Å². The van der Waals surface area contributed by atoms with E-state index >= 15 is 0 Å². The normalized spacial score (nSPS) is 13.9. The van der Waals surface area contributed by atoms with Gasteiger partial charge in [-0.05, 0) is 20.2 Å². The first-order chi connectivity index (χ1) is 16.5. The van der Waals surface area contributed by atoms with E-state index in [-0.39, 0.29) is 11.6 Å². The Morgan fingerprint density at radius 3 is 2.59 bits per heavy atom. The maximum atomic E-state index is 14.6. The number of aromatic nitrogens is 4. The molecule has 11 heteroatoms. The zero-order chi connectivity index (χ0) is 23.8. The highest BCUT2D eigenvalue weighted by Crippen LogP contribution is 2.41. The van der Waals surface area contributed by atoms with Gasteiger partial charge in [-0.15, -0.1) is 11.3 Å². The zero-order valence-electron chi connectivity index (χ0n) is 19.2. The van der Waals surface area contributed by atoms with E-state index in [9.17, 15) is 4.39 Å². The number of likely N-dealkylation sites (N-methyl/N-ethyl adjacent to an activating group) is 1. The molecule has 0 spiro atoms. The monoisotopic (exact) mass is 481 g/mol. The molecule has 5 rings (SSSR count). The highest BCUT2D eigenvalue weighted by molar-refractivity contribution is 7.16. The van der Waals surface area contributed by atoms with Crippen LogP contribution in [0.5, 0.6) is 11.5 Å². The Morgan fingerprint density at radius 2 is 1.85 bits per heavy atom. The zero-order valence-corrected chi connectivity index (χ0v) is 20.1. The highest BCUT2D eigenvalue weighted by Gasteiger charge is 2.31. The summed E-state index contributed by atoms with van der Waals surface area (Å²) in [5.74, 6) is 0.972. The first-order valence-electron chi connectivity index (χ1n) is 10.6. The number of ether oxygens (including phenoxy) is 2.